The van der Waals surface area contributed by atoms with Gasteiger partial charge in [0.05, 0.1) is 11.9 Å². The number of urea groups is 1. The number of rotatable bonds is 6. The van der Waals surface area contributed by atoms with Gasteiger partial charge in [-0.15, -0.1) is 0 Å². The lowest BCUT2D eigenvalue weighted by Crippen LogP contribution is -2.46. The highest BCUT2D eigenvalue weighted by molar-refractivity contribution is 5.74. The third kappa shape index (κ3) is 4.55. The maximum absolute atomic E-state index is 12.2. The molecule has 2 atom stereocenters. The molecule has 1 aliphatic heterocycles. The largest absolute Gasteiger partial charge is 0.367 e. The molecule has 136 valence electrons. The van der Waals surface area contributed by atoms with E-state index < -0.39 is 0 Å². The molecule has 2 aromatic heterocycles. The molecule has 2 N–H and O–H groups in total. The van der Waals surface area contributed by atoms with Crippen LogP contribution in [0.2, 0.25) is 0 Å². The van der Waals surface area contributed by atoms with Crippen LogP contribution in [0.3, 0.4) is 0 Å². The van der Waals surface area contributed by atoms with Crippen LogP contribution in [-0.2, 0) is 20.5 Å². The van der Waals surface area contributed by atoms with E-state index in [2.05, 4.69) is 38.2 Å². The summed E-state index contributed by atoms with van der Waals surface area (Å²) in [6.07, 6.45) is 8.78. The van der Waals surface area contributed by atoms with Crippen molar-refractivity contribution in [3.05, 3.63) is 36.4 Å². The third-order valence-corrected chi connectivity index (χ3v) is 4.84. The molecule has 0 aliphatic carbocycles. The predicted octanol–water partition coefficient (Wildman–Crippen LogP) is 1.66. The SMILES string of the molecule is CC(CCc1cccn1C)NC(=O)NC1CCN(c2cnn(C)c2)C1. The number of carbonyl (C=O) groups is 1. The minimum Gasteiger partial charge on any atom is -0.367 e. The number of aryl methyl sites for hydroxylation is 3. The van der Waals surface area contributed by atoms with Crippen LogP contribution in [0, 0.1) is 0 Å². The van der Waals surface area contributed by atoms with Crippen molar-refractivity contribution in [2.24, 2.45) is 14.1 Å². The molecule has 1 saturated heterocycles. The van der Waals surface area contributed by atoms with Crippen LogP contribution in [0.15, 0.2) is 30.7 Å². The molecular weight excluding hydrogens is 316 g/mol. The quantitative estimate of drug-likeness (QED) is 0.837. The van der Waals surface area contributed by atoms with Crippen molar-refractivity contribution in [3.8, 4) is 0 Å². The van der Waals surface area contributed by atoms with E-state index >= 15 is 0 Å². The van der Waals surface area contributed by atoms with E-state index in [4.69, 9.17) is 0 Å². The van der Waals surface area contributed by atoms with Gasteiger partial charge in [0, 0.05) is 57.4 Å². The van der Waals surface area contributed by atoms with Gasteiger partial charge in [0.15, 0.2) is 0 Å². The molecule has 3 heterocycles. The monoisotopic (exact) mass is 344 g/mol. The van der Waals surface area contributed by atoms with Crippen LogP contribution in [0.25, 0.3) is 0 Å². The average molecular weight is 344 g/mol. The van der Waals surface area contributed by atoms with E-state index in [1.165, 1.54) is 5.69 Å². The van der Waals surface area contributed by atoms with Gasteiger partial charge in [-0.25, -0.2) is 4.79 Å². The van der Waals surface area contributed by atoms with E-state index in [1.54, 1.807) is 4.68 Å². The van der Waals surface area contributed by atoms with Gasteiger partial charge in [-0.3, -0.25) is 4.68 Å². The predicted molar refractivity (Wildman–Crippen MR) is 98.7 cm³/mol. The van der Waals surface area contributed by atoms with Crippen molar-refractivity contribution in [2.45, 2.75) is 38.3 Å². The van der Waals surface area contributed by atoms with Crippen LogP contribution in [-0.4, -0.2) is 45.6 Å². The second kappa shape index (κ2) is 7.63. The fourth-order valence-corrected chi connectivity index (χ4v) is 3.33. The first-order valence-electron chi connectivity index (χ1n) is 8.92. The Morgan fingerprint density at radius 3 is 2.96 bits per heavy atom. The molecule has 3 rings (SSSR count). The average Bonchev–Trinajstić information content (AvgIpc) is 3.27. The Hall–Kier alpha value is -2.44. The number of aromatic nitrogens is 3. The Kier molecular flexibility index (Phi) is 5.31. The zero-order valence-corrected chi connectivity index (χ0v) is 15.3. The van der Waals surface area contributed by atoms with Crippen molar-refractivity contribution in [2.75, 3.05) is 18.0 Å². The second-order valence-electron chi connectivity index (χ2n) is 6.97. The summed E-state index contributed by atoms with van der Waals surface area (Å²) in [4.78, 5) is 14.5. The first-order valence-corrected chi connectivity index (χ1v) is 8.92. The number of hydrogen-bond donors (Lipinski definition) is 2. The standard InChI is InChI=1S/C18H28N6O/c1-14(6-7-16-5-4-9-22(16)2)20-18(25)21-15-8-10-24(12-15)17-11-19-23(3)13-17/h4-5,9,11,13-15H,6-8,10,12H2,1-3H3,(H2,20,21,25). The van der Waals surface area contributed by atoms with Crippen LogP contribution in [0.4, 0.5) is 10.5 Å². The van der Waals surface area contributed by atoms with Crippen molar-refractivity contribution < 1.29 is 4.79 Å². The normalized spacial score (nSPS) is 18.4. The molecule has 0 bridgehead atoms. The lowest BCUT2D eigenvalue weighted by Gasteiger charge is -2.19. The third-order valence-electron chi connectivity index (χ3n) is 4.84. The zero-order chi connectivity index (χ0) is 17.8. The van der Waals surface area contributed by atoms with E-state index in [0.29, 0.717) is 0 Å². The molecule has 0 radical (unpaired) electrons. The van der Waals surface area contributed by atoms with E-state index in [1.807, 2.05) is 38.8 Å². The molecule has 0 saturated carbocycles. The molecular formula is C18H28N6O. The van der Waals surface area contributed by atoms with Crippen molar-refractivity contribution in [1.29, 1.82) is 0 Å². The Bertz CT molecular complexity index is 706. The van der Waals surface area contributed by atoms with Crippen LogP contribution in [0.5, 0.6) is 0 Å². The molecule has 0 aromatic carbocycles. The topological polar surface area (TPSA) is 67.1 Å². The summed E-state index contributed by atoms with van der Waals surface area (Å²) in [7, 11) is 3.97. The molecule has 7 nitrogen and oxygen atoms in total. The fraction of sp³-hybridized carbons (Fsp3) is 0.556. The van der Waals surface area contributed by atoms with Crippen LogP contribution in [0.1, 0.15) is 25.5 Å². The molecule has 2 unspecified atom stereocenters. The minimum atomic E-state index is -0.0718. The number of nitrogens with one attached hydrogen (secondary N) is 2. The highest BCUT2D eigenvalue weighted by Gasteiger charge is 2.25. The summed E-state index contributed by atoms with van der Waals surface area (Å²) in [5.74, 6) is 0. The Labute approximate surface area is 149 Å². The summed E-state index contributed by atoms with van der Waals surface area (Å²) < 4.78 is 3.93. The molecule has 25 heavy (non-hydrogen) atoms. The molecule has 2 amide bonds. The van der Waals surface area contributed by atoms with Crippen molar-refractivity contribution in [3.63, 3.8) is 0 Å². The first kappa shape index (κ1) is 17.4. The van der Waals surface area contributed by atoms with Crippen molar-refractivity contribution in [1.82, 2.24) is 25.0 Å². The Morgan fingerprint density at radius 1 is 1.44 bits per heavy atom. The summed E-state index contributed by atoms with van der Waals surface area (Å²) in [5.41, 5.74) is 2.40. The number of nitrogens with zero attached hydrogens (tertiary/aromatic N) is 4. The minimum absolute atomic E-state index is 0.0718. The fourth-order valence-electron chi connectivity index (χ4n) is 3.33. The van der Waals surface area contributed by atoms with Gasteiger partial charge >= 0.3 is 6.03 Å². The van der Waals surface area contributed by atoms with E-state index in [9.17, 15) is 4.79 Å². The highest BCUT2D eigenvalue weighted by Crippen LogP contribution is 2.19. The zero-order valence-electron chi connectivity index (χ0n) is 15.3. The summed E-state index contributed by atoms with van der Waals surface area (Å²) >= 11 is 0. The van der Waals surface area contributed by atoms with Gasteiger partial charge in [0.25, 0.3) is 0 Å². The first-order chi connectivity index (χ1) is 12.0. The summed E-state index contributed by atoms with van der Waals surface area (Å²) in [6, 6.07) is 4.43. The highest BCUT2D eigenvalue weighted by atomic mass is 16.2. The van der Waals surface area contributed by atoms with Crippen LogP contribution >= 0.6 is 0 Å². The molecule has 1 fully saturated rings. The smallest absolute Gasteiger partial charge is 0.315 e. The number of carbonyl (C=O) groups excluding carboxylic acids is 1. The van der Waals surface area contributed by atoms with Gasteiger partial charge in [0.1, 0.15) is 0 Å². The lowest BCUT2D eigenvalue weighted by molar-refractivity contribution is 0.234. The Morgan fingerprint density at radius 2 is 2.28 bits per heavy atom. The molecule has 2 aromatic rings. The maximum atomic E-state index is 12.2. The maximum Gasteiger partial charge on any atom is 0.315 e. The van der Waals surface area contributed by atoms with Crippen molar-refractivity contribution >= 4 is 11.7 Å². The second-order valence-corrected chi connectivity index (χ2v) is 6.97. The van der Waals surface area contributed by atoms with Gasteiger partial charge < -0.3 is 20.1 Å². The lowest BCUT2D eigenvalue weighted by atomic mass is 10.1. The molecule has 0 spiro atoms. The van der Waals surface area contributed by atoms with Gasteiger partial charge in [-0.05, 0) is 38.3 Å². The number of anilines is 1. The number of hydrogen-bond acceptors (Lipinski definition) is 3. The van der Waals surface area contributed by atoms with Gasteiger partial charge in [-0.2, -0.15) is 5.10 Å². The molecule has 7 heteroatoms. The molecule has 1 aliphatic rings. The van der Waals surface area contributed by atoms with Gasteiger partial charge in [-0.1, -0.05) is 0 Å². The number of amides is 2. The Balaban J connectivity index is 1.39. The summed E-state index contributed by atoms with van der Waals surface area (Å²) in [5, 5.41) is 10.4. The summed E-state index contributed by atoms with van der Waals surface area (Å²) in [6.45, 7) is 3.83. The van der Waals surface area contributed by atoms with E-state index in [-0.39, 0.29) is 18.1 Å². The van der Waals surface area contributed by atoms with Gasteiger partial charge in [0.2, 0.25) is 0 Å². The van der Waals surface area contributed by atoms with E-state index in [0.717, 1.165) is 38.0 Å². The van der Waals surface area contributed by atoms with Crippen LogP contribution < -0.4 is 15.5 Å².